The molecule has 96 valence electrons. The van der Waals surface area contributed by atoms with Crippen molar-refractivity contribution in [2.75, 3.05) is 5.73 Å². The van der Waals surface area contributed by atoms with Gasteiger partial charge < -0.3 is 5.73 Å². The van der Waals surface area contributed by atoms with Crippen molar-refractivity contribution < 1.29 is 0 Å². The van der Waals surface area contributed by atoms with E-state index in [1.165, 1.54) is 10.6 Å². The maximum absolute atomic E-state index is 11.8. The number of fused-ring (bicyclic) bond motifs is 1. The fraction of sp³-hybridized carbons (Fsp3) is 0.0833. The monoisotopic (exact) mass is 319 g/mol. The van der Waals surface area contributed by atoms with Gasteiger partial charge in [-0.05, 0) is 25.1 Å². The molecule has 3 aromatic rings. The Bertz CT molecular complexity index is 815. The summed E-state index contributed by atoms with van der Waals surface area (Å²) in [5, 5.41) is 2.92. The molecule has 0 fully saturated rings. The maximum Gasteiger partial charge on any atom is 0.274 e. The number of rotatable bonds is 1. The van der Waals surface area contributed by atoms with E-state index in [0.717, 1.165) is 10.0 Å². The molecule has 6 nitrogen and oxygen atoms in total. The Kier molecular flexibility index (Phi) is 2.63. The van der Waals surface area contributed by atoms with Crippen LogP contribution in [0.3, 0.4) is 0 Å². The lowest BCUT2D eigenvalue weighted by atomic mass is 10.2. The van der Waals surface area contributed by atoms with Crippen molar-refractivity contribution in [3.63, 3.8) is 0 Å². The molecule has 2 heterocycles. The third kappa shape index (κ3) is 2.12. The average molecular weight is 320 g/mol. The van der Waals surface area contributed by atoms with Crippen LogP contribution >= 0.6 is 15.9 Å². The van der Waals surface area contributed by atoms with Crippen molar-refractivity contribution >= 4 is 27.4 Å². The second kappa shape index (κ2) is 4.20. The van der Waals surface area contributed by atoms with Gasteiger partial charge in [0.2, 0.25) is 0 Å². The largest absolute Gasteiger partial charge is 0.399 e. The first-order valence-corrected chi connectivity index (χ1v) is 6.35. The minimum atomic E-state index is -0.191. The summed E-state index contributed by atoms with van der Waals surface area (Å²) in [7, 11) is 0. The predicted octanol–water partition coefficient (Wildman–Crippen LogP) is 1.74. The van der Waals surface area contributed by atoms with Gasteiger partial charge in [-0.15, -0.1) is 0 Å². The van der Waals surface area contributed by atoms with Crippen molar-refractivity contribution in [2.24, 2.45) is 0 Å². The van der Waals surface area contributed by atoms with Crippen molar-refractivity contribution in [2.45, 2.75) is 6.92 Å². The average Bonchev–Trinajstić information content (AvgIpc) is 2.71. The van der Waals surface area contributed by atoms with Crippen LogP contribution in [0.2, 0.25) is 0 Å². The molecule has 0 atom stereocenters. The molecular formula is C12H10BrN5O. The normalized spacial score (nSPS) is 11.1. The van der Waals surface area contributed by atoms with Crippen LogP contribution < -0.4 is 11.3 Å². The summed E-state index contributed by atoms with van der Waals surface area (Å²) >= 11 is 3.37. The van der Waals surface area contributed by atoms with Crippen LogP contribution in [-0.4, -0.2) is 19.6 Å². The number of nitrogen functional groups attached to an aromatic ring is 1. The Morgan fingerprint density at radius 1 is 1.26 bits per heavy atom. The van der Waals surface area contributed by atoms with Crippen LogP contribution in [0.4, 0.5) is 5.69 Å². The first kappa shape index (κ1) is 11.9. The lowest BCUT2D eigenvalue weighted by molar-refractivity contribution is 0.892. The number of benzene rings is 1. The Hall–Kier alpha value is -2.15. The number of aromatic amines is 1. The Labute approximate surface area is 116 Å². The zero-order valence-corrected chi connectivity index (χ0v) is 11.6. The van der Waals surface area contributed by atoms with Gasteiger partial charge in [0.15, 0.2) is 5.82 Å². The summed E-state index contributed by atoms with van der Waals surface area (Å²) in [5.74, 6) is 0.891. The summed E-state index contributed by atoms with van der Waals surface area (Å²) in [6.45, 7) is 1.76. The summed E-state index contributed by atoms with van der Waals surface area (Å²) in [5.41, 5.74) is 7.63. The highest BCUT2D eigenvalue weighted by Gasteiger charge is 2.09. The van der Waals surface area contributed by atoms with Gasteiger partial charge in [0.05, 0.1) is 0 Å². The van der Waals surface area contributed by atoms with Crippen LogP contribution in [0.1, 0.15) is 5.69 Å². The molecule has 3 rings (SSSR count). The van der Waals surface area contributed by atoms with Gasteiger partial charge >= 0.3 is 0 Å². The first-order valence-electron chi connectivity index (χ1n) is 5.56. The van der Waals surface area contributed by atoms with E-state index < -0.39 is 0 Å². The summed E-state index contributed by atoms with van der Waals surface area (Å²) in [6, 6.07) is 6.89. The lowest BCUT2D eigenvalue weighted by Crippen LogP contribution is -2.14. The SMILES string of the molecule is Cc1cc(=O)n2[nH]c(-c3cc(N)cc(Br)c3)nc2n1. The Balaban J connectivity index is 2.26. The van der Waals surface area contributed by atoms with Gasteiger partial charge in [-0.2, -0.15) is 9.50 Å². The first-order chi connectivity index (χ1) is 9.02. The molecule has 0 saturated carbocycles. The van der Waals surface area contributed by atoms with Gasteiger partial charge in [-0.25, -0.2) is 4.98 Å². The van der Waals surface area contributed by atoms with Crippen LogP contribution in [0.15, 0.2) is 33.5 Å². The van der Waals surface area contributed by atoms with Crippen LogP contribution in [0, 0.1) is 6.92 Å². The summed E-state index contributed by atoms with van der Waals surface area (Å²) in [6.07, 6.45) is 0. The Morgan fingerprint density at radius 3 is 2.79 bits per heavy atom. The van der Waals surface area contributed by atoms with Gasteiger partial charge in [0.25, 0.3) is 11.3 Å². The van der Waals surface area contributed by atoms with Crippen molar-refractivity contribution in [1.29, 1.82) is 0 Å². The molecule has 0 unspecified atom stereocenters. The molecular weight excluding hydrogens is 310 g/mol. The third-order valence-corrected chi connectivity index (χ3v) is 3.11. The zero-order valence-electron chi connectivity index (χ0n) is 10.0. The quantitative estimate of drug-likeness (QED) is 0.668. The molecule has 0 spiro atoms. The van der Waals surface area contributed by atoms with E-state index in [1.807, 2.05) is 6.07 Å². The number of nitrogens with two attached hydrogens (primary N) is 1. The van der Waals surface area contributed by atoms with Gasteiger partial charge in [0.1, 0.15) is 0 Å². The van der Waals surface area contributed by atoms with Gasteiger partial charge in [0, 0.05) is 27.5 Å². The van der Waals surface area contributed by atoms with E-state index in [4.69, 9.17) is 5.73 Å². The number of nitrogens with zero attached hydrogens (tertiary/aromatic N) is 3. The maximum atomic E-state index is 11.8. The number of halogens is 1. The molecule has 0 radical (unpaired) electrons. The molecule has 7 heteroatoms. The topological polar surface area (TPSA) is 89.1 Å². The minimum absolute atomic E-state index is 0.191. The highest BCUT2D eigenvalue weighted by atomic mass is 79.9. The van der Waals surface area contributed by atoms with Crippen molar-refractivity contribution in [3.05, 3.63) is 44.8 Å². The van der Waals surface area contributed by atoms with E-state index in [-0.39, 0.29) is 5.56 Å². The van der Waals surface area contributed by atoms with E-state index in [0.29, 0.717) is 23.0 Å². The Morgan fingerprint density at radius 2 is 2.05 bits per heavy atom. The number of anilines is 1. The zero-order chi connectivity index (χ0) is 13.6. The van der Waals surface area contributed by atoms with Gasteiger partial charge in [-0.1, -0.05) is 15.9 Å². The number of hydrogen-bond acceptors (Lipinski definition) is 4. The summed E-state index contributed by atoms with van der Waals surface area (Å²) in [4.78, 5) is 20.3. The molecule has 0 saturated heterocycles. The number of aromatic nitrogens is 4. The number of hydrogen-bond donors (Lipinski definition) is 2. The van der Waals surface area contributed by atoms with Crippen molar-refractivity contribution in [3.8, 4) is 11.4 Å². The molecule has 3 N–H and O–H groups in total. The van der Waals surface area contributed by atoms with E-state index >= 15 is 0 Å². The molecule has 0 aliphatic carbocycles. The molecule has 1 aromatic carbocycles. The standard InChI is InChI=1S/C12H10BrN5O/c1-6-2-10(19)18-12(15-6)16-11(17-18)7-3-8(13)5-9(14)4-7/h2-5H,14H2,1H3,(H,15,16,17). The fourth-order valence-electron chi connectivity index (χ4n) is 1.87. The highest BCUT2D eigenvalue weighted by Crippen LogP contribution is 2.23. The molecule has 0 aliphatic rings. The third-order valence-electron chi connectivity index (χ3n) is 2.65. The molecule has 19 heavy (non-hydrogen) atoms. The lowest BCUT2D eigenvalue weighted by Gasteiger charge is -1.99. The second-order valence-electron chi connectivity index (χ2n) is 4.22. The van der Waals surface area contributed by atoms with E-state index in [1.54, 1.807) is 19.1 Å². The molecule has 0 bridgehead atoms. The smallest absolute Gasteiger partial charge is 0.274 e. The number of H-pyrrole nitrogens is 1. The molecule has 2 aromatic heterocycles. The van der Waals surface area contributed by atoms with Crippen LogP contribution in [0.5, 0.6) is 0 Å². The predicted molar refractivity (Wildman–Crippen MR) is 75.9 cm³/mol. The fourth-order valence-corrected chi connectivity index (χ4v) is 2.38. The molecule has 0 amide bonds. The molecule has 0 aliphatic heterocycles. The van der Waals surface area contributed by atoms with E-state index in [2.05, 4.69) is 31.0 Å². The number of nitrogens with one attached hydrogen (secondary N) is 1. The number of aryl methyl sites for hydroxylation is 1. The highest BCUT2D eigenvalue weighted by molar-refractivity contribution is 9.10. The minimum Gasteiger partial charge on any atom is -0.399 e. The van der Waals surface area contributed by atoms with Crippen LogP contribution in [-0.2, 0) is 0 Å². The van der Waals surface area contributed by atoms with Crippen LogP contribution in [0.25, 0.3) is 17.2 Å². The van der Waals surface area contributed by atoms with Crippen molar-refractivity contribution in [1.82, 2.24) is 19.6 Å². The van der Waals surface area contributed by atoms with E-state index in [9.17, 15) is 4.79 Å². The summed E-state index contributed by atoms with van der Waals surface area (Å²) < 4.78 is 2.15. The van der Waals surface area contributed by atoms with Gasteiger partial charge in [-0.3, -0.25) is 9.89 Å². The second-order valence-corrected chi connectivity index (χ2v) is 5.13.